The maximum Gasteiger partial charge on any atom is 0.407 e. The first kappa shape index (κ1) is 102. The number of carbonyl (C=O) groups is 6. The Labute approximate surface area is 705 Å². The van der Waals surface area contributed by atoms with Gasteiger partial charge in [0.2, 0.25) is 29.5 Å². The van der Waals surface area contributed by atoms with E-state index in [1.807, 2.05) is 30.4 Å². The third-order valence-electron chi connectivity index (χ3n) is 22.4. The quantitative estimate of drug-likeness (QED) is 0.0288. The highest BCUT2D eigenvalue weighted by molar-refractivity contribution is 5.96. The van der Waals surface area contributed by atoms with E-state index < -0.39 is 115 Å². The summed E-state index contributed by atoms with van der Waals surface area (Å²) in [5.74, 6) is -6.28. The number of nitrogens with zero attached hydrogens (tertiary/aromatic N) is 3. The fourth-order valence-corrected chi connectivity index (χ4v) is 15.4. The van der Waals surface area contributed by atoms with Gasteiger partial charge in [0.1, 0.15) is 24.3 Å². The molecule has 678 valence electrons. The summed E-state index contributed by atoms with van der Waals surface area (Å²) in [4.78, 5) is 92.2. The van der Waals surface area contributed by atoms with Gasteiger partial charge >= 0.3 is 6.09 Å². The van der Waals surface area contributed by atoms with E-state index in [0.717, 1.165) is 89.9 Å². The Balaban J connectivity index is 1.36. The van der Waals surface area contributed by atoms with Crippen molar-refractivity contribution in [1.82, 2.24) is 62.6 Å². The zero-order chi connectivity index (χ0) is 85.3. The molecule has 3 saturated heterocycles. The Bertz CT molecular complexity index is 2930. The molecule has 16 aliphatic rings. The van der Waals surface area contributed by atoms with E-state index in [-0.39, 0.29) is 95.2 Å². The second-order valence-corrected chi connectivity index (χ2v) is 32.9. The number of allylic oxidation sites excluding steroid dienone is 1. The molecule has 0 radical (unpaired) electrons. The third-order valence-corrected chi connectivity index (χ3v) is 22.4. The van der Waals surface area contributed by atoms with Gasteiger partial charge in [0.05, 0.1) is 92.8 Å². The number of carbonyl (C=O) groups excluding carboxylic acids is 6. The second-order valence-electron chi connectivity index (χ2n) is 32.9. The minimum Gasteiger partial charge on any atom is -0.444 e. The normalized spacial score (nSPS) is 29.7. The molecule has 0 spiro atoms. The number of aliphatic hydroxyl groups is 3. The van der Waals surface area contributed by atoms with Gasteiger partial charge in [0.25, 0.3) is 0 Å². The highest BCUT2D eigenvalue weighted by atomic mass is 16.6. The van der Waals surface area contributed by atoms with Crippen LogP contribution in [0.3, 0.4) is 0 Å². The van der Waals surface area contributed by atoms with Gasteiger partial charge in [-0.2, -0.15) is 0 Å². The summed E-state index contributed by atoms with van der Waals surface area (Å²) >= 11 is 0. The number of alkyl carbamates (subject to hydrolysis) is 1. The number of rotatable bonds is 42. The van der Waals surface area contributed by atoms with E-state index >= 15 is 0 Å². The van der Waals surface area contributed by atoms with Crippen molar-refractivity contribution in [3.8, 4) is 0 Å². The molecule has 3 fully saturated rings. The molecule has 8 bridgehead atoms. The summed E-state index contributed by atoms with van der Waals surface area (Å²) in [5.41, 5.74) is -0.225. The molecule has 19 atom stereocenters. The fourth-order valence-electron chi connectivity index (χ4n) is 15.4. The first-order chi connectivity index (χ1) is 57.2. The summed E-state index contributed by atoms with van der Waals surface area (Å²) in [6, 6.07) is 0. The van der Waals surface area contributed by atoms with Gasteiger partial charge in [0, 0.05) is 187 Å². The molecule has 0 saturated carbocycles. The van der Waals surface area contributed by atoms with Gasteiger partial charge in [-0.1, -0.05) is 136 Å². The van der Waals surface area contributed by atoms with E-state index in [1.54, 1.807) is 32.9 Å². The van der Waals surface area contributed by atoms with Crippen LogP contribution in [0.25, 0.3) is 0 Å². The predicted molar refractivity (Wildman–Crippen MR) is 454 cm³/mol. The summed E-state index contributed by atoms with van der Waals surface area (Å²) in [7, 11) is 0. The van der Waals surface area contributed by atoms with Gasteiger partial charge in [0.15, 0.2) is 0 Å². The number of nitrogens with one attached hydrogen (secondary N) is 9. The van der Waals surface area contributed by atoms with Crippen LogP contribution < -0.4 is 47.9 Å². The van der Waals surface area contributed by atoms with Crippen molar-refractivity contribution in [1.29, 1.82) is 0 Å². The molecule has 0 aromatic carbocycles. The first-order valence-corrected chi connectivity index (χ1v) is 45.2. The molecule has 12 N–H and O–H groups in total. The molecule has 31 heteroatoms. The smallest absolute Gasteiger partial charge is 0.407 e. The van der Waals surface area contributed by atoms with Crippen LogP contribution >= 0.6 is 0 Å². The second kappa shape index (κ2) is 58.8. The lowest BCUT2D eigenvalue weighted by Crippen LogP contribution is -2.57. The van der Waals surface area contributed by atoms with Gasteiger partial charge in [-0.15, -0.1) is 0 Å². The first-order valence-electron chi connectivity index (χ1n) is 45.2. The monoisotopic (exact) mass is 1670 g/mol. The number of aliphatic hydroxyl groups excluding tert-OH is 3. The van der Waals surface area contributed by atoms with Crippen LogP contribution in [0.15, 0.2) is 48.1 Å². The van der Waals surface area contributed by atoms with Crippen molar-refractivity contribution in [2.24, 2.45) is 41.4 Å². The lowest BCUT2D eigenvalue weighted by molar-refractivity contribution is -0.151. The van der Waals surface area contributed by atoms with Crippen LogP contribution in [-0.4, -0.2) is 323 Å². The van der Waals surface area contributed by atoms with Crippen LogP contribution in [0, 0.1) is 41.4 Å². The zero-order valence-electron chi connectivity index (χ0n) is 73.4. The van der Waals surface area contributed by atoms with Crippen LogP contribution in [0.5, 0.6) is 0 Å². The van der Waals surface area contributed by atoms with Crippen molar-refractivity contribution >= 4 is 35.6 Å². The molecule has 0 aromatic heterocycles. The molecule has 12 aliphatic heterocycles. The van der Waals surface area contributed by atoms with Crippen LogP contribution in [0.1, 0.15) is 172 Å². The minimum atomic E-state index is -1.12. The van der Waals surface area contributed by atoms with E-state index in [2.05, 4.69) is 111 Å². The number of ether oxygens (including phenoxy) is 10. The summed E-state index contributed by atoms with van der Waals surface area (Å²) in [6.45, 7) is 29.3. The highest BCUT2D eigenvalue weighted by Gasteiger charge is 2.48. The van der Waals surface area contributed by atoms with Crippen LogP contribution in [0.2, 0.25) is 0 Å². The van der Waals surface area contributed by atoms with Crippen molar-refractivity contribution in [3.05, 3.63) is 48.1 Å². The molecule has 0 aromatic rings. The SMILES string of the molecule is CCCCOC1C(OCCCC)[C@H]2C=C[C@@H]1C(=O)NCCN(CCNC(=O)[C@H]1CCC=C(C(=O)NCCOCCOCCNC(=O)OC(C)(C)C)C1OCCCC)CCN1CCNC(=O)[C@@H]3C=CC(C(O)NCCN(CCNC2=O)CCN[C@@H](O)[C@H]2C=C[C@H](C(OCCCC)C2OCCCC)[C@@H](O)NCC1)[C@H](OCCCC)C3OCCCC. The Morgan fingerprint density at radius 3 is 1.22 bits per heavy atom. The van der Waals surface area contributed by atoms with Gasteiger partial charge in [-0.05, 0) is 78.6 Å². The molecule has 6 amide bonds. The Hall–Kier alpha value is -5.14. The molecule has 16 rings (SSSR count). The van der Waals surface area contributed by atoms with Crippen molar-refractivity contribution in [2.75, 3.05) is 190 Å². The fraction of sp³-hybridized carbons (Fsp3) is 0.839. The third kappa shape index (κ3) is 36.3. The van der Waals surface area contributed by atoms with Crippen molar-refractivity contribution < 1.29 is 91.5 Å². The van der Waals surface area contributed by atoms with Gasteiger partial charge < -0.3 is 94.6 Å². The lowest BCUT2D eigenvalue weighted by atomic mass is 9.81. The Morgan fingerprint density at radius 2 is 0.788 bits per heavy atom. The van der Waals surface area contributed by atoms with Crippen LogP contribution in [0.4, 0.5) is 4.79 Å². The maximum absolute atomic E-state index is 15.0. The molecular weight excluding hydrogens is 1520 g/mol. The Morgan fingerprint density at radius 1 is 0.424 bits per heavy atom. The minimum absolute atomic E-state index is 0.192. The van der Waals surface area contributed by atoms with Crippen LogP contribution in [-0.2, 0) is 71.3 Å². The Kier molecular flexibility index (Phi) is 50.7. The largest absolute Gasteiger partial charge is 0.444 e. The topological polar surface area (TPSA) is 373 Å². The summed E-state index contributed by atoms with van der Waals surface area (Å²) in [6.07, 6.45) is 16.1. The van der Waals surface area contributed by atoms with E-state index in [0.29, 0.717) is 143 Å². The zero-order valence-corrected chi connectivity index (χ0v) is 73.4. The molecule has 12 heterocycles. The lowest BCUT2D eigenvalue weighted by Gasteiger charge is -2.42. The number of unbranched alkanes of at least 4 members (excludes halogenated alkanes) is 7. The number of amides is 6. The standard InChI is InChI=1S/C87H156N12O19/c1-11-18-52-111-71-63(26-25-27-64(71)79(101)95-41-59-109-61-62-110-60-42-96-86(108)118-87(8,9)10)78(100)88-37-46-98-47-38-92-83(105)68-31-28-65(72(112-53-19-12-2)75(68)115-56-22-15-5)80(102)89-34-43-97-44-35-90-81(103)66-29-32-69(76(116-57-23-16-6)73(66)113-54-20-13-3)84(106)93-39-48-99(51-50-98)49-40-94-85(107)70-33-30-67(82(104)91-36-45-97)74(114-55-21-14-4)77(70)117-58-24-17-7/h27-33,63,65-77,81-82,84,90-91,93,103-104,106H,11-26,34-62H2,1-10H3,(H,88,100)(H,89,102)(H,92,105)(H,94,107)(H,95,101)(H,96,108)/t63-,65+,66-,67?,68-,69+,70+,71?,72?,73?,74-,75?,76?,77?,81-,82?,84+/m0/s1. The predicted octanol–water partition coefficient (Wildman–Crippen LogP) is 4.82. The average Bonchev–Trinajstić information content (AvgIpc) is 0.813. The molecular formula is C87H156N12O19. The van der Waals surface area contributed by atoms with E-state index in [4.69, 9.17) is 47.4 Å². The van der Waals surface area contributed by atoms with Crippen molar-refractivity contribution in [3.63, 3.8) is 0 Å². The molecule has 118 heavy (non-hydrogen) atoms. The van der Waals surface area contributed by atoms with Gasteiger partial charge in [-0.3, -0.25) is 54.6 Å². The highest BCUT2D eigenvalue weighted by Crippen LogP contribution is 2.36. The summed E-state index contributed by atoms with van der Waals surface area (Å²) < 4.78 is 63.4. The van der Waals surface area contributed by atoms with E-state index in [1.165, 1.54) is 0 Å². The molecule has 4 aliphatic carbocycles. The van der Waals surface area contributed by atoms with E-state index in [9.17, 15) is 44.1 Å². The number of hydrogen-bond acceptors (Lipinski definition) is 25. The van der Waals surface area contributed by atoms with Gasteiger partial charge in [-0.25, -0.2) is 4.79 Å². The average molecular weight is 1670 g/mol. The summed E-state index contributed by atoms with van der Waals surface area (Å²) in [5, 5.41) is 66.0. The molecule has 10 unspecified atom stereocenters. The number of hydrogen-bond donors (Lipinski definition) is 12. The maximum atomic E-state index is 15.0. The van der Waals surface area contributed by atoms with Crippen molar-refractivity contribution in [2.45, 2.75) is 239 Å². The molecule has 31 nitrogen and oxygen atoms in total.